The van der Waals surface area contributed by atoms with Crippen molar-refractivity contribution >= 4 is 20.0 Å². The molecule has 0 aliphatic rings. The van der Waals surface area contributed by atoms with E-state index < -0.39 is 31.1 Å². The van der Waals surface area contributed by atoms with E-state index in [4.69, 9.17) is 0 Å². The minimum Gasteiger partial charge on any atom is -0.421 e. The van der Waals surface area contributed by atoms with Gasteiger partial charge in [-0.05, 0) is 31.9 Å². The van der Waals surface area contributed by atoms with Crippen molar-refractivity contribution in [1.82, 2.24) is 4.57 Å². The van der Waals surface area contributed by atoms with E-state index in [1.807, 2.05) is 0 Å². The molecule has 0 unspecified atom stereocenters. The molecule has 0 atom stereocenters. The lowest BCUT2D eigenvalue weighted by atomic mass is 10.1. The summed E-state index contributed by atoms with van der Waals surface area (Å²) in [6.07, 6.45) is 23.5. The molecule has 2 aromatic rings. The second kappa shape index (κ2) is 17.1. The molecule has 236 valence electrons. The molecular formula is C26H39F6N3O4S2. The third-order valence-electron chi connectivity index (χ3n) is 6.07. The van der Waals surface area contributed by atoms with Crippen LogP contribution in [0.25, 0.3) is 9.81 Å². The molecule has 0 bridgehead atoms. The summed E-state index contributed by atoms with van der Waals surface area (Å²) >= 11 is 0. The second-order valence-corrected chi connectivity index (χ2v) is 13.1. The zero-order chi connectivity index (χ0) is 31.2. The summed E-state index contributed by atoms with van der Waals surface area (Å²) in [4.78, 5) is 0. The highest BCUT2D eigenvalue weighted by Crippen LogP contribution is 2.36. The first-order valence-corrected chi connectivity index (χ1v) is 16.4. The number of sulfonamides is 2. The highest BCUT2D eigenvalue weighted by atomic mass is 32.3. The Morgan fingerprint density at radius 1 is 0.707 bits per heavy atom. The summed E-state index contributed by atoms with van der Waals surface area (Å²) in [6.45, 7) is 5.56. The average molecular weight is 636 g/mol. The number of imidazole rings is 1. The predicted octanol–water partition coefficient (Wildman–Crippen LogP) is 7.83. The number of hydrogen-bond acceptors (Lipinski definition) is 4. The van der Waals surface area contributed by atoms with Gasteiger partial charge in [-0.1, -0.05) is 88.8 Å². The van der Waals surface area contributed by atoms with Crippen molar-refractivity contribution < 1.29 is 47.7 Å². The third-order valence-corrected chi connectivity index (χ3v) is 8.81. The van der Waals surface area contributed by atoms with Crippen LogP contribution in [-0.4, -0.2) is 32.4 Å². The number of halogens is 6. The van der Waals surface area contributed by atoms with E-state index in [9.17, 15) is 43.2 Å². The Balaban J connectivity index is 0.000000479. The summed E-state index contributed by atoms with van der Waals surface area (Å²) in [5.41, 5.74) is -9.86. The van der Waals surface area contributed by atoms with E-state index in [0.717, 1.165) is 10.7 Å². The van der Waals surface area contributed by atoms with Crippen molar-refractivity contribution in [3.63, 3.8) is 0 Å². The summed E-state index contributed by atoms with van der Waals surface area (Å²) in [5.74, 6) is 0. The van der Waals surface area contributed by atoms with Crippen LogP contribution in [0.5, 0.6) is 0 Å². The Kier molecular flexibility index (Phi) is 15.4. The van der Waals surface area contributed by atoms with Crippen molar-refractivity contribution in [2.45, 2.75) is 108 Å². The fourth-order valence-electron chi connectivity index (χ4n) is 3.75. The second-order valence-electron chi connectivity index (χ2n) is 9.70. The van der Waals surface area contributed by atoms with E-state index in [0.29, 0.717) is 0 Å². The van der Waals surface area contributed by atoms with E-state index in [2.05, 4.69) is 66.0 Å². The van der Waals surface area contributed by atoms with Crippen molar-refractivity contribution in [3.05, 3.63) is 52.7 Å². The largest absolute Gasteiger partial charge is 0.480 e. The van der Waals surface area contributed by atoms with Crippen LogP contribution in [0.2, 0.25) is 0 Å². The number of alkyl halides is 6. The molecule has 0 radical (unpaired) electrons. The highest BCUT2D eigenvalue weighted by Gasteiger charge is 2.46. The topological polar surface area (TPSA) is 91.2 Å². The predicted molar refractivity (Wildman–Crippen MR) is 145 cm³/mol. The fraction of sp³-hybridized carbons (Fsp3) is 0.654. The number of hydrogen-bond donors (Lipinski definition) is 0. The van der Waals surface area contributed by atoms with Crippen LogP contribution in [0.3, 0.4) is 0 Å². The first kappa shape index (κ1) is 36.9. The molecular weight excluding hydrogens is 596 g/mol. The van der Waals surface area contributed by atoms with Crippen LogP contribution >= 0.6 is 0 Å². The zero-order valence-electron chi connectivity index (χ0n) is 23.3. The van der Waals surface area contributed by atoms with Gasteiger partial charge in [0.15, 0.2) is 20.0 Å². The van der Waals surface area contributed by atoms with E-state index in [1.165, 1.54) is 88.3 Å². The third kappa shape index (κ3) is 14.1. The molecule has 0 amide bonds. The van der Waals surface area contributed by atoms with Crippen LogP contribution in [0.1, 0.15) is 89.5 Å². The van der Waals surface area contributed by atoms with Gasteiger partial charge in [-0.15, -0.1) is 0 Å². The maximum Gasteiger partial charge on any atom is 0.480 e. The van der Waals surface area contributed by atoms with E-state index in [-0.39, 0.29) is 0 Å². The maximum absolute atomic E-state index is 11.4. The molecule has 2 rings (SSSR count). The van der Waals surface area contributed by atoms with Crippen LogP contribution in [0.15, 0.2) is 43.0 Å². The molecule has 1 heterocycles. The molecule has 0 N–H and O–H groups in total. The van der Waals surface area contributed by atoms with Gasteiger partial charge in [0.1, 0.15) is 18.1 Å². The molecule has 0 aliphatic heterocycles. The van der Waals surface area contributed by atoms with Gasteiger partial charge in [0, 0.05) is 0 Å². The summed E-state index contributed by atoms with van der Waals surface area (Å²) in [6, 6.07) is 8.71. The first-order chi connectivity index (χ1) is 19.0. The Bertz CT molecular complexity index is 1190. The standard InChI is InChI=1S/C24H39N2.C2F6NO4S2/c1-3-4-5-6-7-8-9-10-11-12-13-14-19-25-20-21-26(22-25)24-17-15-23(2)16-18-24;3-1(4,5)14(10,11)9-15(12,13)2(6,7)8/h15-18,20-22H,3-14,19H2,1-2H3;/q+1;-1. The van der Waals surface area contributed by atoms with E-state index in [1.54, 1.807) is 0 Å². The lowest BCUT2D eigenvalue weighted by Crippen LogP contribution is -2.30. The normalized spacial score (nSPS) is 12.7. The van der Waals surface area contributed by atoms with Crippen LogP contribution in [0, 0.1) is 6.92 Å². The molecule has 0 saturated heterocycles. The Labute approximate surface area is 239 Å². The number of rotatable bonds is 16. The quantitative estimate of drug-likeness (QED) is 0.107. The van der Waals surface area contributed by atoms with Gasteiger partial charge in [0.25, 0.3) is 0 Å². The van der Waals surface area contributed by atoms with Crippen molar-refractivity contribution in [3.8, 4) is 5.69 Å². The molecule has 0 saturated carbocycles. The van der Waals surface area contributed by atoms with Crippen molar-refractivity contribution in [2.24, 2.45) is 0 Å². The van der Waals surface area contributed by atoms with E-state index >= 15 is 0 Å². The SMILES string of the molecule is CCCCCCCCCCCCCC[n+]1ccn(-c2ccc(C)cc2)c1.O=S(=O)([N-]S(=O)(=O)C(F)(F)F)C(F)(F)F. The monoisotopic (exact) mass is 635 g/mol. The summed E-state index contributed by atoms with van der Waals surface area (Å²) in [7, 11) is -13.4. The molecule has 0 spiro atoms. The van der Waals surface area contributed by atoms with Crippen molar-refractivity contribution in [2.75, 3.05) is 0 Å². The molecule has 1 aromatic heterocycles. The lowest BCUT2D eigenvalue weighted by molar-refractivity contribution is -0.696. The lowest BCUT2D eigenvalue weighted by Gasteiger charge is -2.22. The van der Waals surface area contributed by atoms with Crippen LogP contribution < -0.4 is 4.57 Å². The van der Waals surface area contributed by atoms with Gasteiger partial charge in [0.05, 0.1) is 6.54 Å². The van der Waals surface area contributed by atoms with Gasteiger partial charge in [-0.3, -0.25) is 0 Å². The van der Waals surface area contributed by atoms with Crippen LogP contribution in [0.4, 0.5) is 26.3 Å². The number of aromatic nitrogens is 2. The number of unbranched alkanes of at least 4 members (excludes halogenated alkanes) is 11. The molecule has 7 nitrogen and oxygen atoms in total. The Morgan fingerprint density at radius 3 is 1.54 bits per heavy atom. The first-order valence-electron chi connectivity index (χ1n) is 13.5. The van der Waals surface area contributed by atoms with Gasteiger partial charge < -0.3 is 4.13 Å². The minimum absolute atomic E-state index is 0.778. The maximum atomic E-state index is 11.4. The minimum atomic E-state index is -6.72. The zero-order valence-corrected chi connectivity index (χ0v) is 24.9. The number of benzene rings is 1. The molecule has 41 heavy (non-hydrogen) atoms. The Morgan fingerprint density at radius 2 is 1.12 bits per heavy atom. The number of nitrogens with zero attached hydrogens (tertiary/aromatic N) is 3. The van der Waals surface area contributed by atoms with Gasteiger partial charge in [0.2, 0.25) is 6.33 Å². The number of aryl methyl sites for hydroxylation is 2. The fourth-order valence-corrected chi connectivity index (χ4v) is 5.45. The van der Waals surface area contributed by atoms with Crippen LogP contribution in [-0.2, 0) is 26.6 Å². The molecule has 0 fully saturated rings. The molecule has 0 aliphatic carbocycles. The van der Waals surface area contributed by atoms with Gasteiger partial charge in [-0.2, -0.15) is 26.3 Å². The summed E-state index contributed by atoms with van der Waals surface area (Å²) in [5, 5.41) is 0. The van der Waals surface area contributed by atoms with Gasteiger partial charge in [-0.25, -0.2) is 26.0 Å². The molecule has 1 aromatic carbocycles. The molecule has 15 heteroatoms. The Hall–Kier alpha value is -2.13. The summed E-state index contributed by atoms with van der Waals surface area (Å²) < 4.78 is 114. The average Bonchev–Trinajstić information content (AvgIpc) is 3.32. The smallest absolute Gasteiger partial charge is 0.421 e. The van der Waals surface area contributed by atoms with Crippen molar-refractivity contribution in [1.29, 1.82) is 0 Å². The highest BCUT2D eigenvalue weighted by molar-refractivity contribution is 8.13. The van der Waals surface area contributed by atoms with Gasteiger partial charge >= 0.3 is 11.0 Å².